The third kappa shape index (κ3) is 10.5. The second kappa shape index (κ2) is 8.62. The molecule has 0 amide bonds. The van der Waals surface area contributed by atoms with Crippen molar-refractivity contribution in [2.75, 3.05) is 18.1 Å². The van der Waals surface area contributed by atoms with Gasteiger partial charge in [-0.1, -0.05) is 27.9 Å². The molecule has 0 fully saturated rings. The Hall–Kier alpha value is 0.525. The first-order valence-electron chi connectivity index (χ1n) is 3.04. The van der Waals surface area contributed by atoms with Gasteiger partial charge in [0, 0.05) is 17.4 Å². The third-order valence-electron chi connectivity index (χ3n) is 0.667. The van der Waals surface area contributed by atoms with Crippen molar-refractivity contribution in [2.24, 2.45) is 0 Å². The molecule has 11 heavy (non-hydrogen) atoms. The van der Waals surface area contributed by atoms with Crippen LogP contribution in [0.3, 0.4) is 0 Å². The van der Waals surface area contributed by atoms with Crippen molar-refractivity contribution in [1.82, 2.24) is 0 Å². The summed E-state index contributed by atoms with van der Waals surface area (Å²) < 4.78 is 4.48. The Morgan fingerprint density at radius 1 is 1.45 bits per heavy atom. The number of carbonyl (C=O) groups excluding carboxylic acids is 1. The van der Waals surface area contributed by atoms with Gasteiger partial charge in [0.15, 0.2) is 0 Å². The zero-order valence-corrected chi connectivity index (χ0v) is 8.31. The van der Waals surface area contributed by atoms with Crippen LogP contribution in [0.4, 0.5) is 4.79 Å². The lowest BCUT2D eigenvalue weighted by Crippen LogP contribution is -1.97. The Kier molecular flexibility index (Phi) is 9.03. The van der Waals surface area contributed by atoms with Crippen molar-refractivity contribution in [1.29, 1.82) is 0 Å². The maximum absolute atomic E-state index is 10.0. The summed E-state index contributed by atoms with van der Waals surface area (Å²) in [4.78, 5) is 10.0. The minimum Gasteiger partial charge on any atom is -0.453 e. The van der Waals surface area contributed by atoms with E-state index in [4.69, 9.17) is 19.4 Å². The lowest BCUT2D eigenvalue weighted by atomic mass is 10.1. The molecular formula is C5H8BClO2S2. The zero-order chi connectivity index (χ0) is 8.53. The van der Waals surface area contributed by atoms with Gasteiger partial charge in [-0.25, -0.2) is 4.79 Å². The monoisotopic (exact) mass is 210 g/mol. The molecule has 0 rings (SSSR count). The van der Waals surface area contributed by atoms with Crippen molar-refractivity contribution in [3.05, 3.63) is 0 Å². The van der Waals surface area contributed by atoms with Crippen molar-refractivity contribution in [3.8, 4) is 0 Å². The number of ether oxygens (including phenoxy) is 1. The van der Waals surface area contributed by atoms with Gasteiger partial charge in [0.2, 0.25) is 0 Å². The highest BCUT2D eigenvalue weighted by Crippen LogP contribution is 2.20. The molecule has 0 aromatic carbocycles. The molecule has 0 aromatic heterocycles. The quantitative estimate of drug-likeness (QED) is 0.291. The summed E-state index contributed by atoms with van der Waals surface area (Å²) in [7, 11) is 8.53. The molecule has 0 heterocycles. The summed E-state index contributed by atoms with van der Waals surface area (Å²) in [6.07, 6.45) is 0.674. The molecule has 62 valence electrons. The first-order chi connectivity index (χ1) is 5.27. The lowest BCUT2D eigenvalue weighted by Gasteiger charge is -1.98. The van der Waals surface area contributed by atoms with Gasteiger partial charge in [-0.2, -0.15) is 0 Å². The van der Waals surface area contributed by atoms with Crippen LogP contribution in [0.1, 0.15) is 0 Å². The fourth-order valence-corrected chi connectivity index (χ4v) is 2.08. The average molecular weight is 211 g/mol. The number of hydrogen-bond acceptors (Lipinski definition) is 4. The van der Waals surface area contributed by atoms with E-state index < -0.39 is 5.43 Å². The number of rotatable bonds is 6. The summed E-state index contributed by atoms with van der Waals surface area (Å²) in [5, 5.41) is 0. The Bertz CT molecular complexity index is 115. The van der Waals surface area contributed by atoms with Crippen LogP contribution in [-0.2, 0) is 4.74 Å². The number of hydrogen-bond donors (Lipinski definition) is 0. The van der Waals surface area contributed by atoms with Gasteiger partial charge in [0.25, 0.3) is 0 Å². The normalized spacial score (nSPS) is 9.55. The molecule has 0 N–H and O–H groups in total. The Morgan fingerprint density at radius 3 is 2.64 bits per heavy atom. The van der Waals surface area contributed by atoms with Crippen molar-refractivity contribution < 1.29 is 9.53 Å². The maximum Gasteiger partial charge on any atom is 0.403 e. The molecule has 6 heteroatoms. The predicted molar refractivity (Wildman–Crippen MR) is 52.7 cm³/mol. The summed E-state index contributed by atoms with van der Waals surface area (Å²) in [6, 6.07) is 0. The molecule has 0 spiro atoms. The third-order valence-corrected chi connectivity index (χ3v) is 3.18. The summed E-state index contributed by atoms with van der Waals surface area (Å²) in [5.41, 5.74) is -0.741. The van der Waals surface area contributed by atoms with E-state index in [1.54, 1.807) is 21.6 Å². The first kappa shape index (κ1) is 11.5. The fourth-order valence-electron chi connectivity index (χ4n) is 0.322. The predicted octanol–water partition coefficient (Wildman–Crippen LogP) is 2.33. The Labute approximate surface area is 80.6 Å². The van der Waals surface area contributed by atoms with Gasteiger partial charge in [-0.05, 0) is 5.75 Å². The summed E-state index contributed by atoms with van der Waals surface area (Å²) in [6.45, 7) is 0.366. The van der Waals surface area contributed by atoms with Crippen LogP contribution in [0.25, 0.3) is 0 Å². The highest BCUT2D eigenvalue weighted by Gasteiger charge is 1.94. The highest BCUT2D eigenvalue weighted by molar-refractivity contribution is 8.76. The Morgan fingerprint density at radius 2 is 2.09 bits per heavy atom. The smallest absolute Gasteiger partial charge is 0.403 e. The van der Waals surface area contributed by atoms with Crippen molar-refractivity contribution >= 4 is 46.5 Å². The molecule has 0 aliphatic heterocycles. The molecule has 0 saturated carbocycles. The molecule has 0 saturated heterocycles. The van der Waals surface area contributed by atoms with Gasteiger partial charge in [-0.3, -0.25) is 0 Å². The minimum atomic E-state index is -0.741. The van der Waals surface area contributed by atoms with Crippen LogP contribution in [0, 0.1) is 0 Å². The largest absolute Gasteiger partial charge is 0.453 e. The van der Waals surface area contributed by atoms with E-state index in [9.17, 15) is 4.79 Å². The van der Waals surface area contributed by atoms with Crippen LogP contribution in [0.2, 0.25) is 6.32 Å². The van der Waals surface area contributed by atoms with E-state index in [1.165, 1.54) is 0 Å². The molecule has 2 radical (unpaired) electrons. The lowest BCUT2D eigenvalue weighted by molar-refractivity contribution is 0.181. The second-order valence-electron chi connectivity index (χ2n) is 1.52. The fraction of sp³-hybridized carbons (Fsp3) is 0.800. The molecule has 0 aliphatic rings. The van der Waals surface area contributed by atoms with Crippen molar-refractivity contribution in [2.45, 2.75) is 6.32 Å². The molecule has 0 unspecified atom stereocenters. The molecule has 0 bridgehead atoms. The van der Waals surface area contributed by atoms with Crippen LogP contribution >= 0.6 is 33.2 Å². The van der Waals surface area contributed by atoms with Crippen LogP contribution in [0.5, 0.6) is 0 Å². The van der Waals surface area contributed by atoms with E-state index in [-0.39, 0.29) is 0 Å². The van der Waals surface area contributed by atoms with E-state index in [2.05, 4.69) is 4.74 Å². The minimum absolute atomic E-state index is 0.366. The molecule has 0 aromatic rings. The SMILES string of the molecule is [B]CCSSCCOC(=O)Cl. The van der Waals surface area contributed by atoms with Crippen LogP contribution in [0.15, 0.2) is 0 Å². The van der Waals surface area contributed by atoms with Gasteiger partial charge in [0.05, 0.1) is 7.85 Å². The summed E-state index contributed by atoms with van der Waals surface area (Å²) in [5.74, 6) is 1.67. The van der Waals surface area contributed by atoms with Gasteiger partial charge < -0.3 is 4.74 Å². The summed E-state index contributed by atoms with van der Waals surface area (Å²) >= 11 is 4.92. The van der Waals surface area contributed by atoms with E-state index in [0.29, 0.717) is 12.9 Å². The molecular weight excluding hydrogens is 202 g/mol. The van der Waals surface area contributed by atoms with Gasteiger partial charge in [-0.15, -0.1) is 0 Å². The molecule has 0 atom stereocenters. The maximum atomic E-state index is 10.0. The highest BCUT2D eigenvalue weighted by atomic mass is 35.5. The molecule has 0 aliphatic carbocycles. The van der Waals surface area contributed by atoms with E-state index >= 15 is 0 Å². The zero-order valence-electron chi connectivity index (χ0n) is 5.92. The number of halogens is 1. The van der Waals surface area contributed by atoms with Gasteiger partial charge in [0.1, 0.15) is 6.61 Å². The van der Waals surface area contributed by atoms with Crippen LogP contribution < -0.4 is 0 Å². The van der Waals surface area contributed by atoms with Crippen molar-refractivity contribution in [3.63, 3.8) is 0 Å². The first-order valence-corrected chi connectivity index (χ1v) is 5.90. The van der Waals surface area contributed by atoms with Gasteiger partial charge >= 0.3 is 5.43 Å². The van der Waals surface area contributed by atoms with E-state index in [0.717, 1.165) is 11.5 Å². The van der Waals surface area contributed by atoms with Crippen LogP contribution in [-0.4, -0.2) is 31.4 Å². The average Bonchev–Trinajstić information content (AvgIpc) is 1.96. The second-order valence-corrected chi connectivity index (χ2v) is 4.53. The standard InChI is InChI=1S/C5H8BClO2S2/c6-1-3-10-11-4-2-9-5(7)8/h1-4H2. The Balaban J connectivity index is 2.85. The number of carbonyl (C=O) groups is 1. The van der Waals surface area contributed by atoms with E-state index in [1.807, 2.05) is 0 Å². The molecule has 2 nitrogen and oxygen atoms in total. The topological polar surface area (TPSA) is 26.3 Å².